The lowest BCUT2D eigenvalue weighted by molar-refractivity contribution is -0.119. The first-order chi connectivity index (χ1) is 9.65. The third-order valence-electron chi connectivity index (χ3n) is 3.41. The van der Waals surface area contributed by atoms with E-state index in [0.29, 0.717) is 6.54 Å². The summed E-state index contributed by atoms with van der Waals surface area (Å²) in [5, 5.41) is 3.99. The Morgan fingerprint density at radius 2 is 2.15 bits per heavy atom. The minimum Gasteiger partial charge on any atom is -0.330 e. The Bertz CT molecular complexity index is 610. The SMILES string of the molecule is CCCC(CN)C(=O)Nc1cccc2ccc(C)nc12. The van der Waals surface area contributed by atoms with Crippen LogP contribution in [0.5, 0.6) is 0 Å². The monoisotopic (exact) mass is 271 g/mol. The number of hydrogen-bond donors (Lipinski definition) is 2. The molecule has 0 spiro atoms. The molecule has 0 radical (unpaired) electrons. The standard InChI is InChI=1S/C16H21N3O/c1-3-5-13(10-17)16(20)19-14-7-4-6-12-9-8-11(2)18-15(12)14/h4,6-9,13H,3,5,10,17H2,1-2H3,(H,19,20). The Morgan fingerprint density at radius 1 is 1.35 bits per heavy atom. The molecular weight excluding hydrogens is 250 g/mol. The largest absolute Gasteiger partial charge is 0.330 e. The topological polar surface area (TPSA) is 68.0 Å². The number of nitrogens with one attached hydrogen (secondary N) is 1. The third kappa shape index (κ3) is 3.14. The third-order valence-corrected chi connectivity index (χ3v) is 3.41. The van der Waals surface area contributed by atoms with E-state index in [4.69, 9.17) is 5.73 Å². The van der Waals surface area contributed by atoms with E-state index in [0.717, 1.165) is 35.1 Å². The molecule has 1 aromatic carbocycles. The van der Waals surface area contributed by atoms with Crippen LogP contribution in [0.4, 0.5) is 5.69 Å². The zero-order chi connectivity index (χ0) is 14.5. The van der Waals surface area contributed by atoms with Crippen molar-refractivity contribution in [2.75, 3.05) is 11.9 Å². The second-order valence-electron chi connectivity index (χ2n) is 5.04. The minimum atomic E-state index is -0.139. The van der Waals surface area contributed by atoms with Gasteiger partial charge in [0.1, 0.15) is 0 Å². The maximum atomic E-state index is 12.2. The first-order valence-electron chi connectivity index (χ1n) is 7.03. The minimum absolute atomic E-state index is 0.0230. The second kappa shape index (κ2) is 6.48. The molecular formula is C16H21N3O. The van der Waals surface area contributed by atoms with Gasteiger partial charge < -0.3 is 11.1 Å². The molecule has 1 amide bonds. The van der Waals surface area contributed by atoms with Gasteiger partial charge in [-0.2, -0.15) is 0 Å². The van der Waals surface area contributed by atoms with Crippen LogP contribution in [-0.2, 0) is 4.79 Å². The number of carbonyl (C=O) groups is 1. The van der Waals surface area contributed by atoms with E-state index in [2.05, 4.69) is 17.2 Å². The number of hydrogen-bond acceptors (Lipinski definition) is 3. The number of rotatable bonds is 5. The molecule has 0 fully saturated rings. The van der Waals surface area contributed by atoms with E-state index in [9.17, 15) is 4.79 Å². The van der Waals surface area contributed by atoms with Crippen molar-refractivity contribution in [3.05, 3.63) is 36.0 Å². The zero-order valence-corrected chi connectivity index (χ0v) is 12.0. The molecule has 1 unspecified atom stereocenters. The number of aryl methyl sites for hydroxylation is 1. The second-order valence-corrected chi connectivity index (χ2v) is 5.04. The highest BCUT2D eigenvalue weighted by molar-refractivity contribution is 6.01. The molecule has 0 saturated carbocycles. The van der Waals surface area contributed by atoms with Crippen molar-refractivity contribution in [1.29, 1.82) is 0 Å². The highest BCUT2D eigenvalue weighted by Gasteiger charge is 2.16. The Hall–Kier alpha value is -1.94. The summed E-state index contributed by atoms with van der Waals surface area (Å²) in [5.41, 5.74) is 8.19. The fourth-order valence-corrected chi connectivity index (χ4v) is 2.28. The molecule has 4 nitrogen and oxygen atoms in total. The number of carbonyl (C=O) groups excluding carboxylic acids is 1. The molecule has 0 aliphatic carbocycles. The van der Waals surface area contributed by atoms with E-state index in [1.807, 2.05) is 37.3 Å². The fourth-order valence-electron chi connectivity index (χ4n) is 2.28. The van der Waals surface area contributed by atoms with Crippen molar-refractivity contribution in [2.45, 2.75) is 26.7 Å². The molecule has 2 rings (SSSR count). The number of anilines is 1. The van der Waals surface area contributed by atoms with Crippen molar-refractivity contribution in [3.8, 4) is 0 Å². The van der Waals surface area contributed by atoms with Gasteiger partial charge in [0.15, 0.2) is 0 Å². The number of nitrogens with two attached hydrogens (primary N) is 1. The van der Waals surface area contributed by atoms with Gasteiger partial charge in [-0.1, -0.05) is 31.5 Å². The highest BCUT2D eigenvalue weighted by Crippen LogP contribution is 2.22. The van der Waals surface area contributed by atoms with E-state index in [1.54, 1.807) is 0 Å². The Kier molecular flexibility index (Phi) is 4.69. The summed E-state index contributed by atoms with van der Waals surface area (Å²) in [5.74, 6) is -0.162. The number of amides is 1. The highest BCUT2D eigenvalue weighted by atomic mass is 16.1. The summed E-state index contributed by atoms with van der Waals surface area (Å²) < 4.78 is 0. The molecule has 4 heteroatoms. The number of benzene rings is 1. The maximum absolute atomic E-state index is 12.2. The predicted molar refractivity (Wildman–Crippen MR) is 82.6 cm³/mol. The van der Waals surface area contributed by atoms with E-state index < -0.39 is 0 Å². The molecule has 0 aliphatic rings. The van der Waals surface area contributed by atoms with Crippen LogP contribution in [0.1, 0.15) is 25.5 Å². The molecule has 1 aromatic heterocycles. The van der Waals surface area contributed by atoms with Gasteiger partial charge in [0, 0.05) is 17.6 Å². The van der Waals surface area contributed by atoms with E-state index in [-0.39, 0.29) is 11.8 Å². The summed E-state index contributed by atoms with van der Waals surface area (Å²) in [6.45, 7) is 4.37. The van der Waals surface area contributed by atoms with Crippen LogP contribution >= 0.6 is 0 Å². The lowest BCUT2D eigenvalue weighted by Gasteiger charge is -2.15. The van der Waals surface area contributed by atoms with Crippen LogP contribution in [0.25, 0.3) is 10.9 Å². The number of pyridine rings is 1. The summed E-state index contributed by atoms with van der Waals surface area (Å²) in [7, 11) is 0. The normalized spacial score (nSPS) is 12.3. The molecule has 0 aliphatic heterocycles. The lowest BCUT2D eigenvalue weighted by atomic mass is 10.0. The maximum Gasteiger partial charge on any atom is 0.228 e. The number of nitrogens with zero attached hydrogens (tertiary/aromatic N) is 1. The van der Waals surface area contributed by atoms with Crippen LogP contribution in [0.15, 0.2) is 30.3 Å². The number of para-hydroxylation sites is 1. The van der Waals surface area contributed by atoms with Gasteiger partial charge in [0.05, 0.1) is 17.1 Å². The average Bonchev–Trinajstić information content (AvgIpc) is 2.45. The van der Waals surface area contributed by atoms with Gasteiger partial charge in [-0.05, 0) is 25.5 Å². The Labute approximate surface area is 119 Å². The van der Waals surface area contributed by atoms with Gasteiger partial charge in [0.25, 0.3) is 0 Å². The van der Waals surface area contributed by atoms with Crippen molar-refractivity contribution < 1.29 is 4.79 Å². The first kappa shape index (κ1) is 14.5. The zero-order valence-electron chi connectivity index (χ0n) is 12.0. The quantitative estimate of drug-likeness (QED) is 0.878. The number of aromatic nitrogens is 1. The van der Waals surface area contributed by atoms with E-state index >= 15 is 0 Å². The molecule has 1 heterocycles. The smallest absolute Gasteiger partial charge is 0.228 e. The van der Waals surface area contributed by atoms with E-state index in [1.165, 1.54) is 0 Å². The summed E-state index contributed by atoms with van der Waals surface area (Å²) in [4.78, 5) is 16.8. The molecule has 106 valence electrons. The molecule has 3 N–H and O–H groups in total. The Balaban J connectivity index is 2.29. The average molecular weight is 271 g/mol. The van der Waals surface area contributed by atoms with Crippen molar-refractivity contribution >= 4 is 22.5 Å². The summed E-state index contributed by atoms with van der Waals surface area (Å²) in [6.07, 6.45) is 1.75. The first-order valence-corrected chi connectivity index (χ1v) is 7.03. The number of fused-ring (bicyclic) bond motifs is 1. The molecule has 0 saturated heterocycles. The fraction of sp³-hybridized carbons (Fsp3) is 0.375. The Morgan fingerprint density at radius 3 is 2.85 bits per heavy atom. The van der Waals surface area contributed by atoms with Crippen molar-refractivity contribution in [2.24, 2.45) is 11.7 Å². The van der Waals surface area contributed by atoms with Crippen LogP contribution in [0.3, 0.4) is 0 Å². The summed E-state index contributed by atoms with van der Waals surface area (Å²) >= 11 is 0. The van der Waals surface area contributed by atoms with Gasteiger partial charge in [-0.15, -0.1) is 0 Å². The van der Waals surface area contributed by atoms with Crippen molar-refractivity contribution in [1.82, 2.24) is 4.98 Å². The molecule has 20 heavy (non-hydrogen) atoms. The van der Waals surface area contributed by atoms with Gasteiger partial charge in [-0.3, -0.25) is 9.78 Å². The predicted octanol–water partition coefficient (Wildman–Crippen LogP) is 2.86. The van der Waals surface area contributed by atoms with Gasteiger partial charge >= 0.3 is 0 Å². The van der Waals surface area contributed by atoms with Crippen LogP contribution in [0, 0.1) is 12.8 Å². The van der Waals surface area contributed by atoms with Gasteiger partial charge in [0.2, 0.25) is 5.91 Å². The molecule has 0 bridgehead atoms. The lowest BCUT2D eigenvalue weighted by Crippen LogP contribution is -2.29. The summed E-state index contributed by atoms with van der Waals surface area (Å²) in [6, 6.07) is 9.77. The molecule has 1 atom stereocenters. The molecule has 2 aromatic rings. The van der Waals surface area contributed by atoms with Crippen LogP contribution in [-0.4, -0.2) is 17.4 Å². The van der Waals surface area contributed by atoms with Crippen LogP contribution < -0.4 is 11.1 Å². The van der Waals surface area contributed by atoms with Crippen molar-refractivity contribution in [3.63, 3.8) is 0 Å². The van der Waals surface area contributed by atoms with Crippen LogP contribution in [0.2, 0.25) is 0 Å². The van der Waals surface area contributed by atoms with Gasteiger partial charge in [-0.25, -0.2) is 0 Å².